The van der Waals surface area contributed by atoms with Crippen LogP contribution in [0.5, 0.6) is 23.0 Å². The number of carboxylic acids is 1. The quantitative estimate of drug-likeness (QED) is 0.0773. The maximum atomic E-state index is 14.8. The van der Waals surface area contributed by atoms with Gasteiger partial charge in [0.2, 0.25) is 0 Å². The molecule has 62 heavy (non-hydrogen) atoms. The summed E-state index contributed by atoms with van der Waals surface area (Å²) in [5.74, 6) is 0.976. The van der Waals surface area contributed by atoms with Crippen molar-refractivity contribution in [3.63, 3.8) is 0 Å². The van der Waals surface area contributed by atoms with Crippen molar-refractivity contribution in [2.45, 2.75) is 123 Å². The summed E-state index contributed by atoms with van der Waals surface area (Å²) in [5.41, 5.74) is 6.24. The third-order valence-electron chi connectivity index (χ3n) is 11.5. The molecule has 0 spiro atoms. The van der Waals surface area contributed by atoms with E-state index in [1.165, 1.54) is 25.7 Å². The zero-order chi connectivity index (χ0) is 43.6. The second kappa shape index (κ2) is 20.7. The van der Waals surface area contributed by atoms with Crippen LogP contribution < -0.4 is 18.9 Å². The van der Waals surface area contributed by atoms with E-state index in [1.54, 1.807) is 37.3 Å². The van der Waals surface area contributed by atoms with Gasteiger partial charge in [0.15, 0.2) is 11.6 Å². The van der Waals surface area contributed by atoms with Crippen molar-refractivity contribution in [3.8, 4) is 23.0 Å². The van der Waals surface area contributed by atoms with E-state index in [-0.39, 0.29) is 37.5 Å². The van der Waals surface area contributed by atoms with E-state index >= 15 is 0 Å². The van der Waals surface area contributed by atoms with Crippen molar-refractivity contribution in [2.75, 3.05) is 6.61 Å². The highest BCUT2D eigenvalue weighted by atomic mass is 19.1. The van der Waals surface area contributed by atoms with Crippen LogP contribution in [0, 0.1) is 25.5 Å². The van der Waals surface area contributed by atoms with Crippen molar-refractivity contribution < 1.29 is 47.2 Å². The zero-order valence-corrected chi connectivity index (χ0v) is 35.8. The summed E-state index contributed by atoms with van der Waals surface area (Å²) in [6, 6.07) is 22.6. The molecular formula is C50H56F2N2O8. The first-order valence-corrected chi connectivity index (χ1v) is 21.8. The number of nitrogens with one attached hydrogen (secondary N) is 2. The molecule has 0 unspecified atom stereocenters. The molecule has 3 N–H and O–H groups in total. The van der Waals surface area contributed by atoms with Crippen molar-refractivity contribution >= 4 is 33.7 Å². The number of carbonyl (C=O) groups is 2. The average Bonchev–Trinajstić information content (AvgIpc) is 4.09. The lowest BCUT2D eigenvalue weighted by Crippen LogP contribution is -2.11. The summed E-state index contributed by atoms with van der Waals surface area (Å²) in [6.45, 7) is 6.92. The summed E-state index contributed by atoms with van der Waals surface area (Å²) >= 11 is 0. The van der Waals surface area contributed by atoms with Crippen LogP contribution in [0.4, 0.5) is 8.78 Å². The maximum absolute atomic E-state index is 14.8. The highest BCUT2D eigenvalue weighted by Gasteiger charge is 2.20. The molecular weight excluding hydrogens is 795 g/mol. The van der Waals surface area contributed by atoms with Crippen molar-refractivity contribution in [1.82, 2.24) is 9.97 Å². The lowest BCUT2D eigenvalue weighted by atomic mass is 10.1. The molecule has 0 bridgehead atoms. The molecule has 0 radical (unpaired) electrons. The van der Waals surface area contributed by atoms with E-state index in [2.05, 4.69) is 22.1 Å². The van der Waals surface area contributed by atoms with Gasteiger partial charge < -0.3 is 38.8 Å². The summed E-state index contributed by atoms with van der Waals surface area (Å²) in [7, 11) is 0. The minimum atomic E-state index is -0.952. The number of halogens is 2. The lowest BCUT2D eigenvalue weighted by molar-refractivity contribution is -0.143. The Morgan fingerprint density at radius 2 is 1.10 bits per heavy atom. The van der Waals surface area contributed by atoms with Gasteiger partial charge in [-0.2, -0.15) is 0 Å². The number of hydrogen-bond donors (Lipinski definition) is 3. The van der Waals surface area contributed by atoms with Gasteiger partial charge in [0.1, 0.15) is 36.2 Å². The molecule has 2 aliphatic rings. The molecule has 0 aliphatic heterocycles. The predicted molar refractivity (Wildman–Crippen MR) is 234 cm³/mol. The first-order chi connectivity index (χ1) is 30.0. The Kier molecular flexibility index (Phi) is 14.7. The molecule has 8 rings (SSSR count). The van der Waals surface area contributed by atoms with E-state index in [0.29, 0.717) is 76.7 Å². The number of aromatic amines is 2. The van der Waals surface area contributed by atoms with Crippen LogP contribution in [-0.4, -0.2) is 45.8 Å². The second-order valence-corrected chi connectivity index (χ2v) is 16.3. The Balaban J connectivity index is 0.000000187. The van der Waals surface area contributed by atoms with Crippen molar-refractivity contribution in [2.24, 2.45) is 0 Å². The molecule has 12 heteroatoms. The number of ether oxygens (including phenoxy) is 5. The van der Waals surface area contributed by atoms with Crippen LogP contribution in [0.2, 0.25) is 0 Å². The Labute approximate surface area is 360 Å². The lowest BCUT2D eigenvalue weighted by Gasteiger charge is -2.16. The topological polar surface area (TPSA) is 132 Å². The number of fused-ring (bicyclic) bond motifs is 2. The second-order valence-electron chi connectivity index (χ2n) is 16.3. The van der Waals surface area contributed by atoms with Crippen LogP contribution in [0.1, 0.15) is 105 Å². The molecule has 328 valence electrons. The fourth-order valence-electron chi connectivity index (χ4n) is 8.18. The molecule has 6 aromatic rings. The SMILES string of the molecule is CCOC(=O)CCc1[nH]c2ccc(OCc3ccc(OC4CCCC4)c(C)c3)cc2c1F.Cc1cc(COc2ccc3[nH]c(CCC(=O)O)c(F)c3c2)ccc1OC1CCCC1. The number of aromatic nitrogens is 2. The summed E-state index contributed by atoms with van der Waals surface area (Å²) in [4.78, 5) is 28.3. The van der Waals surface area contributed by atoms with Crippen molar-refractivity contribution in [1.29, 1.82) is 0 Å². The normalized spacial score (nSPS) is 14.2. The molecule has 2 heterocycles. The molecule has 2 saturated carbocycles. The molecule has 4 aromatic carbocycles. The molecule has 2 fully saturated rings. The Hall–Kier alpha value is -6.04. The van der Waals surface area contributed by atoms with Gasteiger partial charge in [0.05, 0.1) is 43.0 Å². The standard InChI is InChI=1S/C26H30FNO4.C24H26FNO4/c1-3-30-25(29)13-11-23-26(27)21-15-20(9-10-22(21)28-23)31-16-18-8-12-24(17(2)14-18)32-19-6-4-5-7-19;1-15-12-16(6-10-22(15)30-17-4-2-3-5-17)14-29-18-7-8-20-19(13-18)24(25)21(26-20)9-11-23(27)28/h8-10,12,14-15,19,28H,3-7,11,13,16H2,1-2H3;6-8,10,12-13,17,26H,2-5,9,11,14H2,1H3,(H,27,28). The van der Waals surface area contributed by atoms with Crippen LogP contribution >= 0.6 is 0 Å². The largest absolute Gasteiger partial charge is 0.490 e. The molecule has 0 saturated heterocycles. The van der Waals surface area contributed by atoms with E-state index in [1.807, 2.05) is 44.2 Å². The predicted octanol–water partition coefficient (Wildman–Crippen LogP) is 11.5. The fourth-order valence-corrected chi connectivity index (χ4v) is 8.18. The number of carbonyl (C=O) groups excluding carboxylic acids is 1. The van der Waals surface area contributed by atoms with E-state index in [9.17, 15) is 18.4 Å². The molecule has 2 aliphatic carbocycles. The smallest absolute Gasteiger partial charge is 0.306 e. The first kappa shape index (κ1) is 44.0. The molecule has 10 nitrogen and oxygen atoms in total. The van der Waals surface area contributed by atoms with Crippen LogP contribution in [-0.2, 0) is 40.4 Å². The fraction of sp³-hybridized carbons (Fsp3) is 0.400. The number of hydrogen-bond acceptors (Lipinski definition) is 7. The minimum absolute atomic E-state index is 0.118. The zero-order valence-electron chi connectivity index (χ0n) is 35.8. The Bertz CT molecular complexity index is 2480. The number of esters is 1. The highest BCUT2D eigenvalue weighted by Crippen LogP contribution is 2.31. The third-order valence-corrected chi connectivity index (χ3v) is 11.5. The number of aryl methyl sites for hydroxylation is 4. The van der Waals surface area contributed by atoms with Gasteiger partial charge >= 0.3 is 11.9 Å². The number of aliphatic carboxylic acids is 1. The maximum Gasteiger partial charge on any atom is 0.306 e. The van der Waals surface area contributed by atoms with E-state index < -0.39 is 11.8 Å². The number of H-pyrrole nitrogens is 2. The van der Waals surface area contributed by atoms with Crippen LogP contribution in [0.25, 0.3) is 21.8 Å². The third kappa shape index (κ3) is 11.5. The summed E-state index contributed by atoms with van der Waals surface area (Å²) < 4.78 is 58.4. The van der Waals surface area contributed by atoms with E-state index in [4.69, 9.17) is 28.8 Å². The number of benzene rings is 4. The highest BCUT2D eigenvalue weighted by molar-refractivity contribution is 5.84. The van der Waals surface area contributed by atoms with E-state index in [0.717, 1.165) is 59.4 Å². The summed E-state index contributed by atoms with van der Waals surface area (Å²) in [5, 5.41) is 9.67. The number of rotatable bonds is 17. The monoisotopic (exact) mass is 850 g/mol. The minimum Gasteiger partial charge on any atom is -0.490 e. The van der Waals surface area contributed by atoms with Gasteiger partial charge in [0, 0.05) is 34.6 Å². The van der Waals surface area contributed by atoms with Gasteiger partial charge in [-0.05, 0) is 155 Å². The van der Waals surface area contributed by atoms with Gasteiger partial charge in [-0.1, -0.05) is 12.1 Å². The van der Waals surface area contributed by atoms with Gasteiger partial charge in [0.25, 0.3) is 0 Å². The van der Waals surface area contributed by atoms with Crippen LogP contribution in [0.15, 0.2) is 72.8 Å². The van der Waals surface area contributed by atoms with Gasteiger partial charge in [-0.25, -0.2) is 8.78 Å². The van der Waals surface area contributed by atoms with Crippen molar-refractivity contribution in [3.05, 3.63) is 118 Å². The van der Waals surface area contributed by atoms with Gasteiger partial charge in [-0.15, -0.1) is 0 Å². The average molecular weight is 851 g/mol. The first-order valence-electron chi connectivity index (χ1n) is 21.8. The van der Waals surface area contributed by atoms with Gasteiger partial charge in [-0.3, -0.25) is 9.59 Å². The van der Waals surface area contributed by atoms with Crippen LogP contribution in [0.3, 0.4) is 0 Å². The Morgan fingerprint density at radius 1 is 0.645 bits per heavy atom. The summed E-state index contributed by atoms with van der Waals surface area (Å²) in [6.07, 6.45) is 10.6. The molecule has 0 amide bonds. The number of carboxylic acid groups (broad SMARTS) is 1. The Morgan fingerprint density at radius 3 is 1.52 bits per heavy atom. The molecule has 2 aromatic heterocycles. The molecule has 0 atom stereocenters.